The molecule has 3 aromatic heterocycles. The molecule has 1 unspecified atom stereocenters. The Morgan fingerprint density at radius 3 is 2.31 bits per heavy atom. The van der Waals surface area contributed by atoms with Crippen molar-refractivity contribution in [3.05, 3.63) is 93.0 Å². The highest BCUT2D eigenvalue weighted by molar-refractivity contribution is 7.94. The van der Waals surface area contributed by atoms with Gasteiger partial charge >= 0.3 is 6.18 Å². The summed E-state index contributed by atoms with van der Waals surface area (Å²) in [7, 11) is -6.07. The van der Waals surface area contributed by atoms with Crippen LogP contribution in [0.1, 0.15) is 91.8 Å². The van der Waals surface area contributed by atoms with Gasteiger partial charge in [0, 0.05) is 35.7 Å². The number of benzene rings is 2. The Kier molecular flexibility index (Phi) is 10.7. The zero-order valence-corrected chi connectivity index (χ0v) is 37.1. The molecule has 12 nitrogen and oxygen atoms in total. The maximum Gasteiger partial charge on any atom is 0.435 e. The molecular formula is C43H39ClF7N7O5S2. The van der Waals surface area contributed by atoms with Crippen LogP contribution in [-0.2, 0) is 56.8 Å². The van der Waals surface area contributed by atoms with Gasteiger partial charge in [0.15, 0.2) is 21.3 Å². The van der Waals surface area contributed by atoms with E-state index >= 15 is 8.78 Å². The number of sulfonamides is 1. The molecular weight excluding hydrogens is 927 g/mol. The Morgan fingerprint density at radius 2 is 1.66 bits per heavy atom. The van der Waals surface area contributed by atoms with E-state index in [0.29, 0.717) is 23.6 Å². The molecule has 3 atom stereocenters. The molecule has 9 rings (SSSR count). The second kappa shape index (κ2) is 15.4. The lowest BCUT2D eigenvalue weighted by Gasteiger charge is -2.23. The summed E-state index contributed by atoms with van der Waals surface area (Å²) in [4.78, 5) is 18.9. The van der Waals surface area contributed by atoms with E-state index in [0.717, 1.165) is 25.0 Å². The van der Waals surface area contributed by atoms with Crippen LogP contribution in [0.4, 0.5) is 36.6 Å². The number of halogens is 8. The number of alkyl halides is 5. The third-order valence-electron chi connectivity index (χ3n) is 12.2. The number of nitrogens with zero attached hydrogens (tertiary/aromatic N) is 5. The SMILES string of the molecule is Cn1nc(NS(=O)(=O)CC2CC2)c2c(Cl)ccc(-c3ccc(C#CC(C)(C)S(=O)(=O)C4CC4)nc3[C@H](Cc3cc(F)cc(F)c3)NC(=O)Cn3nc(C(F)(F)F)c4c3C(F)(F)C3C[C@H]43)c21. The van der Waals surface area contributed by atoms with Gasteiger partial charge in [-0.1, -0.05) is 23.6 Å². The quantitative estimate of drug-likeness (QED) is 0.0890. The highest BCUT2D eigenvalue weighted by atomic mass is 35.5. The molecule has 65 heavy (non-hydrogen) atoms. The van der Waals surface area contributed by atoms with E-state index in [1.54, 1.807) is 6.07 Å². The van der Waals surface area contributed by atoms with Crippen molar-refractivity contribution < 1.29 is 52.4 Å². The monoisotopic (exact) mass is 965 g/mol. The first kappa shape index (κ1) is 45.0. The largest absolute Gasteiger partial charge is 0.435 e. The minimum absolute atomic E-state index is 0.00939. The molecule has 0 saturated heterocycles. The van der Waals surface area contributed by atoms with Gasteiger partial charge in [-0.25, -0.2) is 30.6 Å². The van der Waals surface area contributed by atoms with Crippen molar-refractivity contribution in [3.8, 4) is 23.0 Å². The predicted octanol–water partition coefficient (Wildman–Crippen LogP) is 7.95. The first-order chi connectivity index (χ1) is 30.3. The van der Waals surface area contributed by atoms with Crippen LogP contribution in [0.3, 0.4) is 0 Å². The number of carbonyl (C=O) groups excluding carboxylic acids is 1. The predicted molar refractivity (Wildman–Crippen MR) is 225 cm³/mol. The molecule has 1 amide bonds. The molecule has 0 bridgehead atoms. The fraction of sp³-hybridized carbons (Fsp3) is 0.442. The van der Waals surface area contributed by atoms with Crippen molar-refractivity contribution in [1.82, 2.24) is 29.9 Å². The lowest BCUT2D eigenvalue weighted by Crippen LogP contribution is -2.35. The zero-order valence-electron chi connectivity index (χ0n) is 34.7. The lowest BCUT2D eigenvalue weighted by atomic mass is 9.93. The summed E-state index contributed by atoms with van der Waals surface area (Å²) in [6.45, 7) is 1.76. The summed E-state index contributed by atoms with van der Waals surface area (Å²) < 4.78 is 159. The van der Waals surface area contributed by atoms with Crippen molar-refractivity contribution in [3.63, 3.8) is 0 Å². The maximum atomic E-state index is 15.5. The maximum absolute atomic E-state index is 15.5. The molecule has 3 heterocycles. The third kappa shape index (κ3) is 8.45. The zero-order chi connectivity index (χ0) is 46.8. The number of fused-ring (bicyclic) bond motifs is 4. The Hall–Kier alpha value is -5.20. The van der Waals surface area contributed by atoms with E-state index in [1.807, 2.05) is 0 Å². The summed E-state index contributed by atoms with van der Waals surface area (Å²) in [5, 5.41) is 10.2. The van der Waals surface area contributed by atoms with Gasteiger partial charge in [-0.05, 0) is 106 Å². The van der Waals surface area contributed by atoms with Crippen LogP contribution < -0.4 is 10.0 Å². The minimum Gasteiger partial charge on any atom is -0.346 e. The van der Waals surface area contributed by atoms with Crippen LogP contribution in [0, 0.1) is 35.3 Å². The molecule has 0 spiro atoms. The molecule has 3 saturated carbocycles. The van der Waals surface area contributed by atoms with Crippen molar-refractivity contribution in [2.75, 3.05) is 10.5 Å². The molecule has 4 aliphatic rings. The normalized spacial score (nSPS) is 19.6. The van der Waals surface area contributed by atoms with Gasteiger partial charge in [0.2, 0.25) is 15.9 Å². The number of amides is 1. The molecule has 3 fully saturated rings. The van der Waals surface area contributed by atoms with Gasteiger partial charge in [0.25, 0.3) is 5.92 Å². The number of hydrogen-bond donors (Lipinski definition) is 2. The van der Waals surface area contributed by atoms with Crippen molar-refractivity contribution in [2.24, 2.45) is 18.9 Å². The minimum atomic E-state index is -5.11. The number of aromatic nitrogens is 5. The number of rotatable bonds is 13. The van der Waals surface area contributed by atoms with E-state index in [2.05, 4.69) is 32.1 Å². The summed E-state index contributed by atoms with van der Waals surface area (Å²) in [5.41, 5.74) is -2.61. The Bertz CT molecular complexity index is 3100. The van der Waals surface area contributed by atoms with E-state index < -0.39 is 107 Å². The van der Waals surface area contributed by atoms with Crippen LogP contribution in [0.15, 0.2) is 42.5 Å². The van der Waals surface area contributed by atoms with E-state index in [1.165, 1.54) is 43.8 Å². The number of aryl methyl sites for hydroxylation is 1. The van der Waals surface area contributed by atoms with Crippen molar-refractivity contribution in [2.45, 2.75) is 93.0 Å². The molecule has 0 aliphatic heterocycles. The fourth-order valence-corrected chi connectivity index (χ4v) is 12.2. The molecule has 344 valence electrons. The fourth-order valence-electron chi connectivity index (χ4n) is 8.72. The average Bonchev–Trinajstić information content (AvgIpc) is 4.11. The van der Waals surface area contributed by atoms with Gasteiger partial charge in [-0.3, -0.25) is 18.9 Å². The molecule has 5 aromatic rings. The van der Waals surface area contributed by atoms with E-state index in [4.69, 9.17) is 16.6 Å². The van der Waals surface area contributed by atoms with E-state index in [9.17, 15) is 43.6 Å². The lowest BCUT2D eigenvalue weighted by molar-refractivity contribution is -0.142. The topological polar surface area (TPSA) is 158 Å². The average molecular weight is 966 g/mol. The first-order valence-electron chi connectivity index (χ1n) is 20.6. The summed E-state index contributed by atoms with van der Waals surface area (Å²) in [6, 6.07) is 7.06. The van der Waals surface area contributed by atoms with Gasteiger partial charge in [0.05, 0.1) is 38.7 Å². The second-order valence-corrected chi connectivity index (χ2v) is 22.6. The van der Waals surface area contributed by atoms with Crippen LogP contribution in [-0.4, -0.2) is 63.0 Å². The van der Waals surface area contributed by atoms with Gasteiger partial charge in [-0.2, -0.15) is 32.1 Å². The molecule has 2 N–H and O–H groups in total. The van der Waals surface area contributed by atoms with Crippen LogP contribution in [0.5, 0.6) is 0 Å². The Balaban J connectivity index is 1.19. The first-order valence-corrected chi connectivity index (χ1v) is 24.2. The Labute approximate surface area is 373 Å². The van der Waals surface area contributed by atoms with Crippen LogP contribution in [0.25, 0.3) is 22.0 Å². The van der Waals surface area contributed by atoms with Gasteiger partial charge in [-0.15, -0.1) is 0 Å². The standard InChI is InChI=1S/C43H39ClF7N7O5S2/c1-41(2,65(62,63)26-7-8-26)13-12-25-6-9-27(28-10-11-31(44)35-37(28)57(3)55-40(35)56-64(60,61)20-21-4-5-21)36(52-25)32(16-22-14-23(45)17-24(46)15-22)53-33(59)19-58-39-34(38(54-58)43(49,50)51)29-18-30(29)42(39,47)48/h6,9-11,14-15,17,21,26,29-30,32H,4-5,7-8,16,18-20H2,1-3H3,(H,53,59)(H,55,56)/t29-,30?,32-/m0/s1. The summed E-state index contributed by atoms with van der Waals surface area (Å²) in [5.74, 6) is -3.94. The molecule has 22 heteroatoms. The molecule has 4 aliphatic carbocycles. The third-order valence-corrected chi connectivity index (χ3v) is 16.8. The molecule has 0 radical (unpaired) electrons. The van der Waals surface area contributed by atoms with Crippen molar-refractivity contribution in [1.29, 1.82) is 0 Å². The Morgan fingerprint density at radius 1 is 0.985 bits per heavy atom. The van der Waals surface area contributed by atoms with Crippen molar-refractivity contribution >= 4 is 54.1 Å². The number of hydrogen-bond acceptors (Lipinski definition) is 8. The number of sulfone groups is 1. The smallest absolute Gasteiger partial charge is 0.346 e. The van der Waals surface area contributed by atoms with Crippen LogP contribution >= 0.6 is 11.6 Å². The van der Waals surface area contributed by atoms with Gasteiger partial charge < -0.3 is 5.32 Å². The van der Waals surface area contributed by atoms with Gasteiger partial charge in [0.1, 0.15) is 34.3 Å². The summed E-state index contributed by atoms with van der Waals surface area (Å²) >= 11 is 6.71. The number of nitrogens with one attached hydrogen (secondary N) is 2. The highest BCUT2D eigenvalue weighted by Crippen LogP contribution is 2.68. The summed E-state index contributed by atoms with van der Waals surface area (Å²) in [6.07, 6.45) is -3.25. The highest BCUT2D eigenvalue weighted by Gasteiger charge is 2.68. The van der Waals surface area contributed by atoms with E-state index in [-0.39, 0.29) is 67.9 Å². The molecule has 2 aromatic carbocycles. The number of carbonyl (C=O) groups is 1. The number of anilines is 1. The van der Waals surface area contributed by atoms with Crippen LogP contribution in [0.2, 0.25) is 5.02 Å². The number of pyridine rings is 1. The second-order valence-electron chi connectivity index (χ2n) is 17.7.